The van der Waals surface area contributed by atoms with E-state index in [1.165, 1.54) is 6.26 Å². The first-order valence-corrected chi connectivity index (χ1v) is 9.07. The molecule has 126 valence electrons. The van der Waals surface area contributed by atoms with E-state index in [-0.39, 0.29) is 24.0 Å². The van der Waals surface area contributed by atoms with Gasteiger partial charge in [-0.25, -0.2) is 12.7 Å². The Morgan fingerprint density at radius 1 is 1.29 bits per heavy atom. The average molecular weight is 432 g/mol. The molecule has 21 heavy (non-hydrogen) atoms. The molecule has 0 amide bonds. The Hall–Kier alpha value is -0.0900. The molecule has 0 atom stereocenters. The van der Waals surface area contributed by atoms with E-state index in [2.05, 4.69) is 29.5 Å². The van der Waals surface area contributed by atoms with Crippen molar-refractivity contribution in [2.24, 2.45) is 16.8 Å². The van der Waals surface area contributed by atoms with Crippen LogP contribution in [0.5, 0.6) is 0 Å². The largest absolute Gasteiger partial charge is 0.356 e. The lowest BCUT2D eigenvalue weighted by Gasteiger charge is -2.30. The van der Waals surface area contributed by atoms with E-state index in [0.717, 1.165) is 31.9 Å². The molecular formula is C13H29IN4O2S. The van der Waals surface area contributed by atoms with Gasteiger partial charge in [0.15, 0.2) is 5.96 Å². The molecular weight excluding hydrogens is 403 g/mol. The molecule has 2 N–H and O–H groups in total. The Bertz CT molecular complexity index is 418. The predicted octanol–water partition coefficient (Wildman–Crippen LogP) is 1.10. The summed E-state index contributed by atoms with van der Waals surface area (Å²) in [5, 5.41) is 6.59. The molecule has 0 bridgehead atoms. The van der Waals surface area contributed by atoms with Crippen molar-refractivity contribution in [1.82, 2.24) is 14.9 Å². The lowest BCUT2D eigenvalue weighted by atomic mass is 9.98. The average Bonchev–Trinajstić information content (AvgIpc) is 2.38. The molecule has 0 aromatic rings. The van der Waals surface area contributed by atoms with E-state index >= 15 is 0 Å². The molecule has 1 aliphatic rings. The summed E-state index contributed by atoms with van der Waals surface area (Å²) in [5.41, 5.74) is 0. The molecule has 0 aromatic carbocycles. The zero-order chi connectivity index (χ0) is 15.2. The maximum absolute atomic E-state index is 11.4. The minimum absolute atomic E-state index is 0. The highest BCUT2D eigenvalue weighted by Gasteiger charge is 2.24. The third kappa shape index (κ3) is 8.20. The number of hydrogen-bond acceptors (Lipinski definition) is 3. The van der Waals surface area contributed by atoms with E-state index in [9.17, 15) is 8.42 Å². The summed E-state index contributed by atoms with van der Waals surface area (Å²) in [7, 11) is -1.26. The lowest BCUT2D eigenvalue weighted by Crippen LogP contribution is -2.44. The van der Waals surface area contributed by atoms with Gasteiger partial charge in [0.25, 0.3) is 0 Å². The molecule has 1 saturated heterocycles. The first-order valence-electron chi connectivity index (χ1n) is 7.22. The minimum atomic E-state index is -3.03. The Morgan fingerprint density at radius 2 is 1.86 bits per heavy atom. The van der Waals surface area contributed by atoms with Crippen LogP contribution in [0.1, 0.15) is 26.7 Å². The van der Waals surface area contributed by atoms with Crippen LogP contribution in [0, 0.1) is 11.8 Å². The van der Waals surface area contributed by atoms with Gasteiger partial charge >= 0.3 is 0 Å². The maximum Gasteiger partial charge on any atom is 0.211 e. The van der Waals surface area contributed by atoms with Crippen LogP contribution in [0.2, 0.25) is 0 Å². The Morgan fingerprint density at radius 3 is 2.29 bits per heavy atom. The number of halogens is 1. The Balaban J connectivity index is 0.00000400. The number of aliphatic imine (C=N–C) groups is 1. The number of hydrogen-bond donors (Lipinski definition) is 2. The number of sulfonamides is 1. The fourth-order valence-corrected chi connectivity index (χ4v) is 3.08. The summed E-state index contributed by atoms with van der Waals surface area (Å²) in [6.07, 6.45) is 3.09. The highest BCUT2D eigenvalue weighted by atomic mass is 127. The maximum atomic E-state index is 11.4. The van der Waals surface area contributed by atoms with Gasteiger partial charge in [-0.3, -0.25) is 4.99 Å². The van der Waals surface area contributed by atoms with Gasteiger partial charge in [0.2, 0.25) is 10.0 Å². The van der Waals surface area contributed by atoms with Crippen LogP contribution >= 0.6 is 24.0 Å². The number of rotatable bonds is 5. The zero-order valence-corrected chi connectivity index (χ0v) is 16.6. The first kappa shape index (κ1) is 20.9. The smallest absolute Gasteiger partial charge is 0.211 e. The molecule has 1 heterocycles. The van der Waals surface area contributed by atoms with Gasteiger partial charge in [-0.1, -0.05) is 13.8 Å². The molecule has 0 radical (unpaired) electrons. The van der Waals surface area contributed by atoms with Gasteiger partial charge in [-0.15, -0.1) is 24.0 Å². The predicted molar refractivity (Wildman–Crippen MR) is 98.8 cm³/mol. The molecule has 8 heteroatoms. The van der Waals surface area contributed by atoms with Crippen molar-refractivity contribution in [2.75, 3.05) is 39.5 Å². The molecule has 0 unspecified atom stereocenters. The van der Waals surface area contributed by atoms with E-state index in [1.807, 2.05) is 0 Å². The second-order valence-corrected chi connectivity index (χ2v) is 7.82. The van der Waals surface area contributed by atoms with Gasteiger partial charge < -0.3 is 10.6 Å². The summed E-state index contributed by atoms with van der Waals surface area (Å²) >= 11 is 0. The normalized spacial score (nSPS) is 18.4. The number of nitrogens with zero attached hydrogens (tertiary/aromatic N) is 2. The monoisotopic (exact) mass is 432 g/mol. The fourth-order valence-electron chi connectivity index (χ4n) is 2.21. The van der Waals surface area contributed by atoms with Crippen LogP contribution < -0.4 is 10.6 Å². The molecule has 0 aromatic heterocycles. The standard InChI is InChI=1S/C13H28N4O2S.HI/c1-11(2)9-15-13(14-3)16-10-12-5-7-17(8-6-12)20(4,18)19;/h11-12H,5-10H2,1-4H3,(H2,14,15,16);1H. The van der Waals surface area contributed by atoms with Gasteiger partial charge in [-0.05, 0) is 24.7 Å². The highest BCUT2D eigenvalue weighted by molar-refractivity contribution is 14.0. The molecule has 1 rings (SSSR count). The summed E-state index contributed by atoms with van der Waals surface area (Å²) in [4.78, 5) is 4.19. The van der Waals surface area contributed by atoms with Crippen LogP contribution in [0.3, 0.4) is 0 Å². The fraction of sp³-hybridized carbons (Fsp3) is 0.923. The third-order valence-electron chi connectivity index (χ3n) is 3.50. The molecule has 0 saturated carbocycles. The van der Waals surface area contributed by atoms with Crippen molar-refractivity contribution >= 4 is 40.0 Å². The van der Waals surface area contributed by atoms with E-state index in [1.54, 1.807) is 11.4 Å². The van der Waals surface area contributed by atoms with E-state index in [4.69, 9.17) is 0 Å². The van der Waals surface area contributed by atoms with Crippen molar-refractivity contribution in [3.8, 4) is 0 Å². The quantitative estimate of drug-likeness (QED) is 0.388. The highest BCUT2D eigenvalue weighted by Crippen LogP contribution is 2.18. The van der Waals surface area contributed by atoms with Gasteiger partial charge in [0.1, 0.15) is 0 Å². The molecule has 0 spiro atoms. The van der Waals surface area contributed by atoms with Gasteiger partial charge in [0, 0.05) is 33.2 Å². The first-order chi connectivity index (χ1) is 9.32. The summed E-state index contributed by atoms with van der Waals surface area (Å²) < 4.78 is 24.4. The second-order valence-electron chi connectivity index (χ2n) is 5.83. The van der Waals surface area contributed by atoms with E-state index in [0.29, 0.717) is 24.9 Å². The Kier molecular flexibility index (Phi) is 9.79. The summed E-state index contributed by atoms with van der Waals surface area (Å²) in [5.74, 6) is 1.90. The molecule has 6 nitrogen and oxygen atoms in total. The number of guanidine groups is 1. The van der Waals surface area contributed by atoms with Crippen molar-refractivity contribution in [3.05, 3.63) is 0 Å². The topological polar surface area (TPSA) is 73.8 Å². The molecule has 1 aliphatic heterocycles. The van der Waals surface area contributed by atoms with Crippen LogP contribution in [0.15, 0.2) is 4.99 Å². The Labute approximate surface area is 146 Å². The molecule has 0 aliphatic carbocycles. The summed E-state index contributed by atoms with van der Waals surface area (Å²) in [6, 6.07) is 0. The van der Waals surface area contributed by atoms with Crippen molar-refractivity contribution in [2.45, 2.75) is 26.7 Å². The van der Waals surface area contributed by atoms with Crippen LogP contribution in [-0.2, 0) is 10.0 Å². The van der Waals surface area contributed by atoms with Crippen molar-refractivity contribution in [3.63, 3.8) is 0 Å². The zero-order valence-electron chi connectivity index (χ0n) is 13.4. The van der Waals surface area contributed by atoms with Gasteiger partial charge in [-0.2, -0.15) is 0 Å². The van der Waals surface area contributed by atoms with Crippen molar-refractivity contribution < 1.29 is 8.42 Å². The SMILES string of the molecule is CN=C(NCC(C)C)NCC1CCN(S(C)(=O)=O)CC1.I. The number of piperidine rings is 1. The molecule has 1 fully saturated rings. The van der Waals surface area contributed by atoms with Crippen LogP contribution in [0.4, 0.5) is 0 Å². The van der Waals surface area contributed by atoms with Crippen LogP contribution in [-0.4, -0.2) is 58.2 Å². The summed E-state index contributed by atoms with van der Waals surface area (Å²) in [6.45, 7) is 7.30. The van der Waals surface area contributed by atoms with Gasteiger partial charge in [0.05, 0.1) is 6.26 Å². The second kappa shape index (κ2) is 9.83. The lowest BCUT2D eigenvalue weighted by molar-refractivity contribution is 0.274. The van der Waals surface area contributed by atoms with Crippen LogP contribution in [0.25, 0.3) is 0 Å². The third-order valence-corrected chi connectivity index (χ3v) is 4.81. The minimum Gasteiger partial charge on any atom is -0.356 e. The van der Waals surface area contributed by atoms with Crippen molar-refractivity contribution in [1.29, 1.82) is 0 Å². The van der Waals surface area contributed by atoms with E-state index < -0.39 is 10.0 Å². The number of nitrogens with one attached hydrogen (secondary N) is 2.